The molecule has 2 fully saturated rings. The molecule has 5 aliphatic rings. The van der Waals surface area contributed by atoms with Crippen LogP contribution < -0.4 is 5.32 Å². The number of carbonyl (C=O) groups is 1. The lowest BCUT2D eigenvalue weighted by Gasteiger charge is -2.44. The van der Waals surface area contributed by atoms with E-state index in [4.69, 9.17) is 4.98 Å². The molecular formula is C33H40N4O. The quantitative estimate of drug-likeness (QED) is 0.589. The van der Waals surface area contributed by atoms with Gasteiger partial charge in [0.05, 0.1) is 11.2 Å². The van der Waals surface area contributed by atoms with E-state index in [9.17, 15) is 4.79 Å². The number of hydrogen-bond donors (Lipinski definition) is 1. The Kier molecular flexibility index (Phi) is 5.71. The molecule has 2 aliphatic heterocycles. The normalized spacial score (nSPS) is 26.6. The molecule has 1 saturated carbocycles. The van der Waals surface area contributed by atoms with Gasteiger partial charge in [-0.25, -0.2) is 0 Å². The molecule has 0 radical (unpaired) electrons. The maximum Gasteiger partial charge on any atom is 0.252 e. The minimum Gasteiger partial charge on any atom is -0.342 e. The van der Waals surface area contributed by atoms with Crippen LogP contribution in [-0.4, -0.2) is 59.5 Å². The Bertz CT molecular complexity index is 1390. The van der Waals surface area contributed by atoms with Crippen LogP contribution in [0.3, 0.4) is 0 Å². The van der Waals surface area contributed by atoms with Crippen molar-refractivity contribution in [3.63, 3.8) is 0 Å². The highest BCUT2D eigenvalue weighted by Crippen LogP contribution is 2.44. The minimum atomic E-state index is -0.170. The van der Waals surface area contributed by atoms with Crippen molar-refractivity contribution in [2.45, 2.75) is 62.9 Å². The van der Waals surface area contributed by atoms with E-state index in [1.807, 2.05) is 12.3 Å². The monoisotopic (exact) mass is 508 g/mol. The zero-order valence-electron chi connectivity index (χ0n) is 22.7. The van der Waals surface area contributed by atoms with Gasteiger partial charge in [-0.05, 0) is 73.7 Å². The van der Waals surface area contributed by atoms with Gasteiger partial charge in [-0.1, -0.05) is 49.6 Å². The number of hydrogen-bond acceptors (Lipinski definition) is 4. The molecule has 0 bridgehead atoms. The Morgan fingerprint density at radius 1 is 0.974 bits per heavy atom. The maximum absolute atomic E-state index is 12.8. The smallest absolute Gasteiger partial charge is 0.252 e. The number of carbonyl (C=O) groups excluding carboxylic acids is 1. The first-order chi connectivity index (χ1) is 18.4. The van der Waals surface area contributed by atoms with Crippen molar-refractivity contribution in [1.82, 2.24) is 20.1 Å². The number of piperazine rings is 1. The van der Waals surface area contributed by atoms with Gasteiger partial charge in [0.25, 0.3) is 5.91 Å². The van der Waals surface area contributed by atoms with Gasteiger partial charge in [0, 0.05) is 62.5 Å². The van der Waals surface area contributed by atoms with Crippen LogP contribution in [0.5, 0.6) is 0 Å². The molecule has 1 N–H and O–H groups in total. The van der Waals surface area contributed by atoms with Crippen LogP contribution in [0, 0.1) is 0 Å². The van der Waals surface area contributed by atoms with Gasteiger partial charge in [-0.2, -0.15) is 0 Å². The molecule has 1 spiro atoms. The molecule has 5 heteroatoms. The van der Waals surface area contributed by atoms with Gasteiger partial charge >= 0.3 is 0 Å². The molecule has 1 atom stereocenters. The van der Waals surface area contributed by atoms with Crippen molar-refractivity contribution in [3.05, 3.63) is 88.3 Å². The largest absolute Gasteiger partial charge is 0.342 e. The van der Waals surface area contributed by atoms with Crippen molar-refractivity contribution >= 4 is 17.1 Å². The molecule has 1 unspecified atom stereocenters. The van der Waals surface area contributed by atoms with Crippen LogP contribution in [0.25, 0.3) is 11.1 Å². The molecule has 1 amide bonds. The van der Waals surface area contributed by atoms with Gasteiger partial charge in [0.2, 0.25) is 0 Å². The molecule has 2 aromatic rings. The first-order valence-electron chi connectivity index (χ1n) is 14.4. The molecule has 38 heavy (non-hydrogen) atoms. The predicted octanol–water partition coefficient (Wildman–Crippen LogP) is 5.57. The Morgan fingerprint density at radius 2 is 1.79 bits per heavy atom. The van der Waals surface area contributed by atoms with Crippen molar-refractivity contribution in [3.8, 4) is 0 Å². The third-order valence-corrected chi connectivity index (χ3v) is 9.83. The summed E-state index contributed by atoms with van der Waals surface area (Å²) in [6, 6.07) is 8.82. The number of nitrogens with one attached hydrogen (secondary N) is 1. The topological polar surface area (TPSA) is 48.5 Å². The summed E-state index contributed by atoms with van der Waals surface area (Å²) in [7, 11) is 2.21. The van der Waals surface area contributed by atoms with Crippen LogP contribution in [0.4, 0.5) is 0 Å². The van der Waals surface area contributed by atoms with Crippen molar-refractivity contribution < 1.29 is 6.22 Å². The highest BCUT2D eigenvalue weighted by Gasteiger charge is 2.43. The van der Waals surface area contributed by atoms with Crippen molar-refractivity contribution in [2.75, 3.05) is 33.2 Å². The Labute approximate surface area is 227 Å². The number of likely N-dealkylation sites (N-methyl/N-ethyl adjacent to an activating group) is 1. The lowest BCUT2D eigenvalue weighted by molar-refractivity contribution is 0.0804. The summed E-state index contributed by atoms with van der Waals surface area (Å²) >= 11 is 0. The van der Waals surface area contributed by atoms with Gasteiger partial charge in [0.1, 0.15) is 0 Å². The summed E-state index contributed by atoms with van der Waals surface area (Å²) in [5, 5.41) is 3.36. The van der Waals surface area contributed by atoms with Crippen molar-refractivity contribution in [1.29, 1.82) is 0 Å². The van der Waals surface area contributed by atoms with E-state index in [-0.39, 0.29) is 18.4 Å². The van der Waals surface area contributed by atoms with Gasteiger partial charge in [-0.3, -0.25) is 14.7 Å². The Morgan fingerprint density at radius 3 is 2.55 bits per heavy atom. The third-order valence-electron chi connectivity index (χ3n) is 9.83. The standard InChI is InChI=1S/C33H38N4O.H2/c1-32(37-18-16-36(2)17-19-37)14-10-23(11-15-32)25-20-28-26(8-9-30(28)34-22-25)24-6-7-27-29(21-24)33(35-31(27)38)12-4-3-5-13-33;/h6-8,10-11,14,20-22H,3-5,9,12-13,15-19H2,1-2H3,(H,35,38);1H. The number of amides is 1. The van der Waals surface area contributed by atoms with Crippen LogP contribution in [-0.2, 0) is 12.0 Å². The molecule has 5 nitrogen and oxygen atoms in total. The number of fused-ring (bicyclic) bond motifs is 3. The summed E-state index contributed by atoms with van der Waals surface area (Å²) in [6.45, 7) is 6.89. The lowest BCUT2D eigenvalue weighted by atomic mass is 9.76. The molecule has 3 aliphatic carbocycles. The average molecular weight is 509 g/mol. The van der Waals surface area contributed by atoms with E-state index in [1.165, 1.54) is 52.7 Å². The third kappa shape index (κ3) is 3.90. The fourth-order valence-corrected chi connectivity index (χ4v) is 7.32. The summed E-state index contributed by atoms with van der Waals surface area (Å²) in [5.74, 6) is 0.0952. The number of aromatic nitrogens is 1. The fourth-order valence-electron chi connectivity index (χ4n) is 7.32. The number of pyridine rings is 1. The average Bonchev–Trinajstić information content (AvgIpc) is 3.48. The number of allylic oxidation sites excluding steroid dienone is 3. The first-order valence-corrected chi connectivity index (χ1v) is 14.4. The highest BCUT2D eigenvalue weighted by atomic mass is 16.2. The molecule has 3 heterocycles. The SMILES string of the molecule is CN1CCN(C2(C)C=CC(c3cnc4c(c3)C(c3ccc5c(c3)C3(CCCCC3)NC5=O)=CC4)=CC2)CC1.[HH]. The second-order valence-corrected chi connectivity index (χ2v) is 12.2. The zero-order chi connectivity index (χ0) is 25.9. The second kappa shape index (κ2) is 9.03. The molecular weight excluding hydrogens is 468 g/mol. The molecule has 1 aromatic carbocycles. The van der Waals surface area contributed by atoms with Gasteiger partial charge in [-0.15, -0.1) is 0 Å². The number of rotatable bonds is 3. The zero-order valence-corrected chi connectivity index (χ0v) is 22.7. The maximum atomic E-state index is 12.8. The molecule has 1 aromatic heterocycles. The van der Waals surface area contributed by atoms with E-state index in [0.717, 1.165) is 63.1 Å². The van der Waals surface area contributed by atoms with E-state index in [1.54, 1.807) is 0 Å². The molecule has 7 rings (SSSR count). The van der Waals surface area contributed by atoms with Gasteiger partial charge < -0.3 is 10.2 Å². The number of benzene rings is 1. The molecule has 1 saturated heterocycles. The van der Waals surface area contributed by atoms with E-state index in [0.29, 0.717) is 0 Å². The summed E-state index contributed by atoms with van der Waals surface area (Å²) in [5.41, 5.74) is 9.29. The minimum absolute atomic E-state index is 0. The Balaban J connectivity index is 0.00000277. The van der Waals surface area contributed by atoms with Crippen molar-refractivity contribution in [2.24, 2.45) is 0 Å². The summed E-state index contributed by atoms with van der Waals surface area (Å²) in [6.07, 6.45) is 19.1. The Hall–Kier alpha value is -3.02. The van der Waals surface area contributed by atoms with Gasteiger partial charge in [0.15, 0.2) is 0 Å². The second-order valence-electron chi connectivity index (χ2n) is 12.2. The highest BCUT2D eigenvalue weighted by molar-refractivity contribution is 6.01. The summed E-state index contributed by atoms with van der Waals surface area (Å²) in [4.78, 5) is 22.7. The molecule has 198 valence electrons. The number of nitrogens with zero attached hydrogens (tertiary/aromatic N) is 3. The lowest BCUT2D eigenvalue weighted by Crippen LogP contribution is -2.54. The van der Waals surface area contributed by atoms with E-state index >= 15 is 0 Å². The summed E-state index contributed by atoms with van der Waals surface area (Å²) < 4.78 is 0. The predicted molar refractivity (Wildman–Crippen MR) is 155 cm³/mol. The van der Waals surface area contributed by atoms with Crippen LogP contribution >= 0.6 is 0 Å². The van der Waals surface area contributed by atoms with Crippen LogP contribution in [0.2, 0.25) is 0 Å². The first kappa shape index (κ1) is 24.1. The van der Waals surface area contributed by atoms with E-state index < -0.39 is 0 Å². The van der Waals surface area contributed by atoms with E-state index in [2.05, 4.69) is 71.6 Å². The fraction of sp³-hybridized carbons (Fsp3) is 0.455. The van der Waals surface area contributed by atoms with Crippen LogP contribution in [0.1, 0.15) is 85.2 Å². The van der Waals surface area contributed by atoms with Crippen LogP contribution in [0.15, 0.2) is 54.8 Å².